The fourth-order valence-corrected chi connectivity index (χ4v) is 4.65. The van der Waals surface area contributed by atoms with E-state index < -0.39 is 17.7 Å². The van der Waals surface area contributed by atoms with E-state index in [2.05, 4.69) is 5.48 Å². The molecule has 0 aromatic heterocycles. The van der Waals surface area contributed by atoms with Gasteiger partial charge in [-0.25, -0.2) is 4.79 Å². The largest absolute Gasteiger partial charge is 0.444 e. The molecule has 7 nitrogen and oxygen atoms in total. The number of hydrogen-bond acceptors (Lipinski definition) is 7. The molecule has 9 heteroatoms. The number of hydroxylamine groups is 1. The minimum atomic E-state index is -0.645. The van der Waals surface area contributed by atoms with Crippen molar-refractivity contribution in [2.24, 2.45) is 0 Å². The van der Waals surface area contributed by atoms with Gasteiger partial charge in [-0.3, -0.25) is 19.4 Å². The molecule has 0 unspecified atom stereocenters. The van der Waals surface area contributed by atoms with E-state index in [1.54, 1.807) is 4.90 Å². The average molecular weight is 452 g/mol. The number of nitrogens with zero attached hydrogens (tertiary/aromatic N) is 2. The molecule has 2 saturated heterocycles. The number of rotatable bonds is 5. The zero-order valence-electron chi connectivity index (χ0n) is 17.6. The monoisotopic (exact) mass is 451 g/mol. The zero-order valence-corrected chi connectivity index (χ0v) is 19.3. The number of amides is 2. The van der Waals surface area contributed by atoms with E-state index in [0.29, 0.717) is 36.9 Å². The first kappa shape index (κ1) is 23.0. The summed E-state index contributed by atoms with van der Waals surface area (Å²) >= 11 is 6.80. The molecule has 2 aliphatic rings. The van der Waals surface area contributed by atoms with Crippen molar-refractivity contribution in [3.8, 4) is 0 Å². The van der Waals surface area contributed by atoms with Crippen LogP contribution in [0.2, 0.25) is 0 Å². The van der Waals surface area contributed by atoms with Crippen LogP contribution in [0, 0.1) is 0 Å². The Bertz CT molecular complexity index is 769. The Morgan fingerprint density at radius 3 is 2.60 bits per heavy atom. The summed E-state index contributed by atoms with van der Waals surface area (Å²) < 4.78 is 6.16. The van der Waals surface area contributed by atoms with Crippen LogP contribution in [0.1, 0.15) is 39.2 Å². The van der Waals surface area contributed by atoms with Gasteiger partial charge in [0, 0.05) is 18.8 Å². The van der Waals surface area contributed by atoms with Crippen LogP contribution in [0.5, 0.6) is 0 Å². The van der Waals surface area contributed by atoms with Gasteiger partial charge in [0.15, 0.2) is 0 Å². The van der Waals surface area contributed by atoms with Gasteiger partial charge in [0.05, 0.1) is 12.6 Å². The van der Waals surface area contributed by atoms with Crippen molar-refractivity contribution in [1.82, 2.24) is 15.3 Å². The van der Waals surface area contributed by atoms with Crippen LogP contribution in [0.25, 0.3) is 0 Å². The van der Waals surface area contributed by atoms with Crippen LogP contribution in [0.15, 0.2) is 30.3 Å². The third-order valence-corrected chi connectivity index (χ3v) is 6.28. The molecule has 0 bridgehead atoms. The molecule has 164 valence electrons. The summed E-state index contributed by atoms with van der Waals surface area (Å²) in [5.74, 6) is 0.667. The van der Waals surface area contributed by atoms with Gasteiger partial charge in [0.25, 0.3) is 5.91 Å². The molecule has 1 N–H and O–H groups in total. The molecule has 2 heterocycles. The molecule has 2 fully saturated rings. The summed E-state index contributed by atoms with van der Waals surface area (Å²) in [6, 6.07) is 9.18. The fourth-order valence-electron chi connectivity index (χ4n) is 3.44. The zero-order chi connectivity index (χ0) is 21.7. The SMILES string of the molecule is CC(C)(C)OC(=O)N1C[C@H](NOCc2ccccc2)CC[C@H]1C(=O)N1CCSC1=S. The second kappa shape index (κ2) is 10.1. The molecule has 30 heavy (non-hydrogen) atoms. The van der Waals surface area contributed by atoms with Gasteiger partial charge in [0.1, 0.15) is 16.0 Å². The van der Waals surface area contributed by atoms with Crippen molar-refractivity contribution >= 4 is 40.3 Å². The topological polar surface area (TPSA) is 71.1 Å². The van der Waals surface area contributed by atoms with E-state index in [0.717, 1.165) is 11.3 Å². The van der Waals surface area contributed by atoms with Gasteiger partial charge in [-0.05, 0) is 39.2 Å². The van der Waals surface area contributed by atoms with E-state index in [1.165, 1.54) is 16.7 Å². The molecule has 0 aliphatic carbocycles. The molecule has 3 rings (SSSR count). The smallest absolute Gasteiger partial charge is 0.411 e. The maximum absolute atomic E-state index is 13.1. The highest BCUT2D eigenvalue weighted by molar-refractivity contribution is 8.23. The van der Waals surface area contributed by atoms with Crippen molar-refractivity contribution < 1.29 is 19.2 Å². The van der Waals surface area contributed by atoms with Crippen LogP contribution in [0.3, 0.4) is 0 Å². The Morgan fingerprint density at radius 2 is 1.97 bits per heavy atom. The number of nitrogens with one attached hydrogen (secondary N) is 1. The number of likely N-dealkylation sites (tertiary alicyclic amines) is 1. The summed E-state index contributed by atoms with van der Waals surface area (Å²) in [6.45, 7) is 6.78. The lowest BCUT2D eigenvalue weighted by molar-refractivity contribution is -0.134. The van der Waals surface area contributed by atoms with Crippen LogP contribution < -0.4 is 5.48 Å². The van der Waals surface area contributed by atoms with Gasteiger partial charge in [-0.1, -0.05) is 54.3 Å². The van der Waals surface area contributed by atoms with Crippen molar-refractivity contribution in [2.75, 3.05) is 18.8 Å². The molecule has 0 radical (unpaired) electrons. The number of thioether (sulfide) groups is 1. The quantitative estimate of drug-likeness (QED) is 0.544. The van der Waals surface area contributed by atoms with Gasteiger partial charge >= 0.3 is 6.09 Å². The van der Waals surface area contributed by atoms with E-state index in [9.17, 15) is 9.59 Å². The normalized spacial score (nSPS) is 22.3. The molecular weight excluding hydrogens is 422 g/mol. The number of carbonyl (C=O) groups excluding carboxylic acids is 2. The predicted molar refractivity (Wildman–Crippen MR) is 121 cm³/mol. The molecule has 0 saturated carbocycles. The Morgan fingerprint density at radius 1 is 1.23 bits per heavy atom. The average Bonchev–Trinajstić information content (AvgIpc) is 3.13. The number of benzene rings is 1. The van der Waals surface area contributed by atoms with Gasteiger partial charge in [0.2, 0.25) is 0 Å². The number of carbonyl (C=O) groups is 2. The number of piperidine rings is 1. The first-order valence-corrected chi connectivity index (χ1v) is 11.5. The lowest BCUT2D eigenvalue weighted by Gasteiger charge is -2.40. The van der Waals surface area contributed by atoms with Crippen LogP contribution in [-0.4, -0.2) is 62.6 Å². The molecule has 2 atom stereocenters. The first-order valence-electron chi connectivity index (χ1n) is 10.1. The third kappa shape index (κ3) is 6.16. The van der Waals surface area contributed by atoms with E-state index in [4.69, 9.17) is 21.8 Å². The second-order valence-corrected chi connectivity index (χ2v) is 10.1. The van der Waals surface area contributed by atoms with E-state index >= 15 is 0 Å². The lowest BCUT2D eigenvalue weighted by atomic mass is 9.98. The first-order chi connectivity index (χ1) is 14.2. The summed E-state index contributed by atoms with van der Waals surface area (Å²) in [6.07, 6.45) is 0.736. The Hall–Kier alpha value is -1.68. The maximum Gasteiger partial charge on any atom is 0.411 e. The number of hydrogen-bond donors (Lipinski definition) is 1. The fraction of sp³-hybridized carbons (Fsp3) is 0.571. The molecule has 1 aromatic carbocycles. The minimum Gasteiger partial charge on any atom is -0.444 e. The number of ether oxygens (including phenoxy) is 1. The highest BCUT2D eigenvalue weighted by atomic mass is 32.2. The van der Waals surface area contributed by atoms with Gasteiger partial charge in [-0.2, -0.15) is 5.48 Å². The molecule has 0 spiro atoms. The van der Waals surface area contributed by atoms with Crippen LogP contribution in [0.4, 0.5) is 4.79 Å². The lowest BCUT2D eigenvalue weighted by Crippen LogP contribution is -2.59. The Kier molecular flexibility index (Phi) is 7.73. The summed E-state index contributed by atoms with van der Waals surface area (Å²) in [7, 11) is 0. The highest BCUT2D eigenvalue weighted by Crippen LogP contribution is 2.26. The van der Waals surface area contributed by atoms with Gasteiger partial charge < -0.3 is 4.74 Å². The molecule has 2 amide bonds. The third-order valence-electron chi connectivity index (χ3n) is 4.85. The Balaban J connectivity index is 1.64. The second-order valence-electron chi connectivity index (χ2n) is 8.42. The van der Waals surface area contributed by atoms with Crippen LogP contribution in [-0.2, 0) is 21.0 Å². The summed E-state index contributed by atoms with van der Waals surface area (Å²) in [5, 5.41) is 0. The summed E-state index contributed by atoms with van der Waals surface area (Å²) in [4.78, 5) is 34.8. The Labute approximate surface area is 187 Å². The summed E-state index contributed by atoms with van der Waals surface area (Å²) in [5.41, 5.74) is 3.46. The van der Waals surface area contributed by atoms with Crippen LogP contribution >= 0.6 is 24.0 Å². The maximum atomic E-state index is 13.1. The molecule has 1 aromatic rings. The number of thiocarbonyl (C=S) groups is 1. The van der Waals surface area contributed by atoms with Crippen molar-refractivity contribution in [3.05, 3.63) is 35.9 Å². The van der Waals surface area contributed by atoms with E-state index in [1.807, 2.05) is 51.1 Å². The van der Waals surface area contributed by atoms with Crippen molar-refractivity contribution in [1.29, 1.82) is 0 Å². The standard InChI is InChI=1S/C21H29N3O4S2/c1-21(2,3)28-19(26)24-13-16(22-27-14-15-7-5-4-6-8-15)9-10-17(24)18(25)23-11-12-30-20(23)29/h4-8,16-17,22H,9-14H2,1-3H3/t16-,17+/m1/s1. The van der Waals surface area contributed by atoms with E-state index in [-0.39, 0.29) is 11.9 Å². The predicted octanol–water partition coefficient (Wildman–Crippen LogP) is 3.34. The van der Waals surface area contributed by atoms with Gasteiger partial charge in [-0.15, -0.1) is 0 Å². The van der Waals surface area contributed by atoms with Crippen molar-refractivity contribution in [2.45, 2.75) is 57.9 Å². The minimum absolute atomic E-state index is 0.0924. The van der Waals surface area contributed by atoms with Crippen molar-refractivity contribution in [3.63, 3.8) is 0 Å². The molecule has 2 aliphatic heterocycles. The highest BCUT2D eigenvalue weighted by Gasteiger charge is 2.41. The molecular formula is C21H29N3O4S2.